The van der Waals surface area contributed by atoms with E-state index in [0.29, 0.717) is 11.3 Å². The van der Waals surface area contributed by atoms with E-state index in [1.165, 1.54) is 17.5 Å². The molecule has 0 radical (unpaired) electrons. The second kappa shape index (κ2) is 3.89. The topological polar surface area (TPSA) is 21.3 Å². The summed E-state index contributed by atoms with van der Waals surface area (Å²) < 4.78 is 5.30. The molecule has 3 rings (SSSR count). The Morgan fingerprint density at radius 1 is 1.47 bits per heavy atom. The van der Waals surface area contributed by atoms with Crippen LogP contribution in [0.3, 0.4) is 0 Å². The minimum atomic E-state index is 0.408. The number of benzene rings is 1. The van der Waals surface area contributed by atoms with Gasteiger partial charge in [0.05, 0.1) is 12.1 Å². The van der Waals surface area contributed by atoms with E-state index in [4.69, 9.17) is 16.3 Å². The highest BCUT2D eigenvalue weighted by molar-refractivity contribution is 6.33. The van der Waals surface area contributed by atoms with Crippen molar-refractivity contribution in [2.45, 2.75) is 25.7 Å². The van der Waals surface area contributed by atoms with Gasteiger partial charge in [0, 0.05) is 19.0 Å². The van der Waals surface area contributed by atoms with Gasteiger partial charge in [0.15, 0.2) is 0 Å². The molecular formula is C14H18ClNO. The highest BCUT2D eigenvalue weighted by Crippen LogP contribution is 2.50. The minimum absolute atomic E-state index is 0.408. The van der Waals surface area contributed by atoms with Crippen molar-refractivity contribution in [2.75, 3.05) is 20.2 Å². The van der Waals surface area contributed by atoms with Gasteiger partial charge < -0.3 is 10.1 Å². The summed E-state index contributed by atoms with van der Waals surface area (Å²) in [5.41, 5.74) is 3.14. The van der Waals surface area contributed by atoms with Crippen molar-refractivity contribution in [1.82, 2.24) is 5.32 Å². The van der Waals surface area contributed by atoms with Crippen molar-refractivity contribution in [3.8, 4) is 5.75 Å². The molecule has 2 aliphatic rings. The molecule has 3 heteroatoms. The molecule has 17 heavy (non-hydrogen) atoms. The number of methoxy groups -OCH3 is 1. The summed E-state index contributed by atoms with van der Waals surface area (Å²) in [5, 5.41) is 4.34. The summed E-state index contributed by atoms with van der Waals surface area (Å²) in [6.45, 7) is 4.59. The molecule has 0 spiro atoms. The number of fused-ring (bicyclic) bond motifs is 3. The SMILES string of the molecule is COc1ccc2c(c1Cl)CC[C@@]1(C)CNCC21. The third kappa shape index (κ3) is 1.58. The second-order valence-corrected chi connectivity index (χ2v) is 5.87. The molecule has 2 atom stereocenters. The van der Waals surface area contributed by atoms with Gasteiger partial charge >= 0.3 is 0 Å². The van der Waals surface area contributed by atoms with Crippen LogP contribution < -0.4 is 10.1 Å². The molecule has 0 amide bonds. The molecule has 1 saturated heterocycles. The molecule has 1 aliphatic heterocycles. The fraction of sp³-hybridized carbons (Fsp3) is 0.571. The molecule has 1 fully saturated rings. The zero-order chi connectivity index (χ0) is 12.0. The van der Waals surface area contributed by atoms with Gasteiger partial charge in [0.25, 0.3) is 0 Å². The molecule has 1 aromatic carbocycles. The molecule has 1 N–H and O–H groups in total. The predicted molar refractivity (Wildman–Crippen MR) is 70.0 cm³/mol. The van der Waals surface area contributed by atoms with E-state index >= 15 is 0 Å². The average molecular weight is 252 g/mol. The van der Waals surface area contributed by atoms with Crippen LogP contribution in [0.2, 0.25) is 5.02 Å². The molecule has 0 bridgehead atoms. The first kappa shape index (κ1) is 11.4. The largest absolute Gasteiger partial charge is 0.495 e. The van der Waals surface area contributed by atoms with Crippen LogP contribution in [0.15, 0.2) is 12.1 Å². The van der Waals surface area contributed by atoms with Gasteiger partial charge in [0.1, 0.15) is 5.75 Å². The van der Waals surface area contributed by atoms with E-state index < -0.39 is 0 Å². The Balaban J connectivity index is 2.11. The first-order valence-electron chi connectivity index (χ1n) is 6.22. The van der Waals surface area contributed by atoms with Crippen molar-refractivity contribution in [3.05, 3.63) is 28.3 Å². The molecular weight excluding hydrogens is 234 g/mol. The Bertz CT molecular complexity index is 460. The monoisotopic (exact) mass is 251 g/mol. The van der Waals surface area contributed by atoms with Crippen LogP contribution in [0.1, 0.15) is 30.4 Å². The Morgan fingerprint density at radius 2 is 2.29 bits per heavy atom. The number of rotatable bonds is 1. The van der Waals surface area contributed by atoms with Crippen molar-refractivity contribution in [2.24, 2.45) is 5.41 Å². The molecule has 92 valence electrons. The zero-order valence-electron chi connectivity index (χ0n) is 10.3. The number of ether oxygens (including phenoxy) is 1. The van der Waals surface area contributed by atoms with Crippen molar-refractivity contribution in [3.63, 3.8) is 0 Å². The lowest BCUT2D eigenvalue weighted by molar-refractivity contribution is 0.277. The van der Waals surface area contributed by atoms with E-state index in [0.717, 1.165) is 30.3 Å². The Hall–Kier alpha value is -0.730. The van der Waals surface area contributed by atoms with Crippen molar-refractivity contribution < 1.29 is 4.74 Å². The van der Waals surface area contributed by atoms with Crippen LogP contribution >= 0.6 is 11.6 Å². The minimum Gasteiger partial charge on any atom is -0.495 e. The molecule has 1 aliphatic carbocycles. The Morgan fingerprint density at radius 3 is 3.06 bits per heavy atom. The lowest BCUT2D eigenvalue weighted by Gasteiger charge is -2.37. The highest BCUT2D eigenvalue weighted by Gasteiger charge is 2.43. The maximum atomic E-state index is 6.42. The highest BCUT2D eigenvalue weighted by atomic mass is 35.5. The second-order valence-electron chi connectivity index (χ2n) is 5.49. The van der Waals surface area contributed by atoms with Gasteiger partial charge in [-0.25, -0.2) is 0 Å². The lowest BCUT2D eigenvalue weighted by atomic mass is 9.67. The Labute approximate surface area is 107 Å². The van der Waals surface area contributed by atoms with Crippen LogP contribution in [0, 0.1) is 5.41 Å². The van der Waals surface area contributed by atoms with Gasteiger partial charge in [0.2, 0.25) is 0 Å². The van der Waals surface area contributed by atoms with Gasteiger partial charge in [-0.2, -0.15) is 0 Å². The summed E-state index contributed by atoms with van der Waals surface area (Å²) >= 11 is 6.42. The zero-order valence-corrected chi connectivity index (χ0v) is 11.1. The van der Waals surface area contributed by atoms with Crippen molar-refractivity contribution in [1.29, 1.82) is 0 Å². The van der Waals surface area contributed by atoms with E-state index in [1.807, 2.05) is 6.07 Å². The van der Waals surface area contributed by atoms with E-state index in [1.54, 1.807) is 7.11 Å². The fourth-order valence-electron chi connectivity index (χ4n) is 3.38. The summed E-state index contributed by atoms with van der Waals surface area (Å²) in [5.74, 6) is 1.41. The molecule has 1 aromatic rings. The smallest absolute Gasteiger partial charge is 0.137 e. The first-order chi connectivity index (χ1) is 8.15. The normalized spacial score (nSPS) is 30.9. The van der Waals surface area contributed by atoms with Crippen LogP contribution in [-0.2, 0) is 6.42 Å². The van der Waals surface area contributed by atoms with Gasteiger partial charge in [-0.1, -0.05) is 24.6 Å². The number of hydrogen-bond donors (Lipinski definition) is 1. The molecule has 1 unspecified atom stereocenters. The van der Waals surface area contributed by atoms with Crippen LogP contribution in [0.4, 0.5) is 0 Å². The quantitative estimate of drug-likeness (QED) is 0.829. The summed E-state index contributed by atoms with van der Waals surface area (Å²) in [6.07, 6.45) is 2.28. The van der Waals surface area contributed by atoms with Gasteiger partial charge in [-0.15, -0.1) is 0 Å². The maximum Gasteiger partial charge on any atom is 0.137 e. The van der Waals surface area contributed by atoms with Crippen molar-refractivity contribution >= 4 is 11.6 Å². The summed E-state index contributed by atoms with van der Waals surface area (Å²) in [4.78, 5) is 0. The Kier molecular flexibility index (Phi) is 2.60. The number of nitrogens with one attached hydrogen (secondary N) is 1. The van der Waals surface area contributed by atoms with E-state index in [9.17, 15) is 0 Å². The molecule has 0 saturated carbocycles. The van der Waals surface area contributed by atoms with E-state index in [2.05, 4.69) is 18.3 Å². The number of hydrogen-bond acceptors (Lipinski definition) is 2. The third-order valence-electron chi connectivity index (χ3n) is 4.50. The standard InChI is InChI=1S/C14H18ClNO/c1-14-6-5-10-9(11(14)7-16-8-14)3-4-12(17-2)13(10)15/h3-4,11,16H,5-8H2,1-2H3/t11?,14-/m0/s1. The molecule has 0 aromatic heterocycles. The van der Waals surface area contributed by atoms with E-state index in [-0.39, 0.29) is 0 Å². The molecule has 2 nitrogen and oxygen atoms in total. The van der Waals surface area contributed by atoms with Gasteiger partial charge in [-0.3, -0.25) is 0 Å². The molecule has 1 heterocycles. The summed E-state index contributed by atoms with van der Waals surface area (Å²) in [6, 6.07) is 4.21. The number of halogens is 1. The van der Waals surface area contributed by atoms with Gasteiger partial charge in [-0.05, 0) is 35.4 Å². The van der Waals surface area contributed by atoms with Crippen LogP contribution in [0.5, 0.6) is 5.75 Å². The predicted octanol–water partition coefficient (Wildman–Crippen LogP) is 2.99. The summed E-state index contributed by atoms with van der Waals surface area (Å²) in [7, 11) is 1.68. The van der Waals surface area contributed by atoms with Crippen LogP contribution in [-0.4, -0.2) is 20.2 Å². The first-order valence-corrected chi connectivity index (χ1v) is 6.59. The third-order valence-corrected chi connectivity index (χ3v) is 4.92. The van der Waals surface area contributed by atoms with Crippen LogP contribution in [0.25, 0.3) is 0 Å². The maximum absolute atomic E-state index is 6.42. The fourth-order valence-corrected chi connectivity index (χ4v) is 3.73. The lowest BCUT2D eigenvalue weighted by Crippen LogP contribution is -2.30. The average Bonchev–Trinajstić information content (AvgIpc) is 2.71.